The van der Waals surface area contributed by atoms with Gasteiger partial charge in [-0.2, -0.15) is 0 Å². The Bertz CT molecular complexity index is 962. The minimum atomic E-state index is -0.548. The number of ether oxygens (including phenoxy) is 1. The summed E-state index contributed by atoms with van der Waals surface area (Å²) in [6.07, 6.45) is 3.24. The second-order valence-corrected chi connectivity index (χ2v) is 8.16. The summed E-state index contributed by atoms with van der Waals surface area (Å²) in [5, 5.41) is 2.85. The minimum Gasteiger partial charge on any atom is -0.456 e. The number of para-hydroxylation sites is 1. The summed E-state index contributed by atoms with van der Waals surface area (Å²) in [7, 11) is 0. The minimum absolute atomic E-state index is 0.0369. The highest BCUT2D eigenvalue weighted by Gasteiger charge is 2.17. The number of carbonyl (C=O) groups is 3. The van der Waals surface area contributed by atoms with Crippen molar-refractivity contribution in [3.63, 3.8) is 0 Å². The molecule has 30 heavy (non-hydrogen) atoms. The molecular formula is C25H29NO4. The molecule has 2 aromatic carbocycles. The number of fused-ring (bicyclic) bond motifs is 1. The molecule has 1 amide bonds. The molecule has 2 aromatic rings. The summed E-state index contributed by atoms with van der Waals surface area (Å²) >= 11 is 0. The smallest absolute Gasteiger partial charge is 0.306 e. The molecule has 158 valence electrons. The molecule has 5 heteroatoms. The Balaban J connectivity index is 1.47. The third kappa shape index (κ3) is 5.35. The van der Waals surface area contributed by atoms with Gasteiger partial charge in [0, 0.05) is 17.7 Å². The van der Waals surface area contributed by atoms with Gasteiger partial charge in [0.2, 0.25) is 0 Å². The maximum Gasteiger partial charge on any atom is 0.306 e. The van der Waals surface area contributed by atoms with Gasteiger partial charge in [0.15, 0.2) is 12.4 Å². The average molecular weight is 408 g/mol. The Morgan fingerprint density at radius 2 is 1.80 bits per heavy atom. The van der Waals surface area contributed by atoms with Crippen LogP contribution < -0.4 is 5.32 Å². The van der Waals surface area contributed by atoms with Crippen molar-refractivity contribution < 1.29 is 19.1 Å². The van der Waals surface area contributed by atoms with Crippen LogP contribution in [-0.4, -0.2) is 24.3 Å². The lowest BCUT2D eigenvalue weighted by Gasteiger charge is -2.16. The van der Waals surface area contributed by atoms with Crippen LogP contribution in [0, 0.1) is 6.92 Å². The van der Waals surface area contributed by atoms with E-state index in [0.717, 1.165) is 36.1 Å². The van der Waals surface area contributed by atoms with Crippen LogP contribution in [0.4, 0.5) is 5.69 Å². The van der Waals surface area contributed by atoms with E-state index in [0.29, 0.717) is 5.56 Å². The van der Waals surface area contributed by atoms with Crippen LogP contribution in [0.2, 0.25) is 0 Å². The highest BCUT2D eigenvalue weighted by Crippen LogP contribution is 2.27. The number of ketones is 1. The predicted octanol–water partition coefficient (Wildman–Crippen LogP) is 4.75. The highest BCUT2D eigenvalue weighted by atomic mass is 16.5. The molecule has 0 bridgehead atoms. The zero-order chi connectivity index (χ0) is 21.7. The lowest BCUT2D eigenvalue weighted by atomic mass is 9.98. The third-order valence-corrected chi connectivity index (χ3v) is 5.53. The van der Waals surface area contributed by atoms with Crippen LogP contribution in [0.3, 0.4) is 0 Å². The van der Waals surface area contributed by atoms with Gasteiger partial charge in [0.25, 0.3) is 5.91 Å². The largest absolute Gasteiger partial charge is 0.456 e. The number of amides is 1. The number of rotatable bonds is 8. The van der Waals surface area contributed by atoms with Crippen molar-refractivity contribution in [2.45, 2.75) is 58.8 Å². The molecule has 0 aliphatic heterocycles. The molecule has 0 heterocycles. The summed E-state index contributed by atoms with van der Waals surface area (Å²) < 4.78 is 5.07. The Labute approximate surface area is 177 Å². The molecule has 0 aromatic heterocycles. The van der Waals surface area contributed by atoms with E-state index < -0.39 is 5.97 Å². The number of hydrogen-bond donors (Lipinski definition) is 1. The van der Waals surface area contributed by atoms with E-state index in [4.69, 9.17) is 4.74 Å². The lowest BCUT2D eigenvalue weighted by molar-refractivity contribution is -0.147. The first-order valence-corrected chi connectivity index (χ1v) is 10.5. The molecule has 0 saturated heterocycles. The molecule has 0 saturated carbocycles. The molecule has 1 N–H and O–H groups in total. The van der Waals surface area contributed by atoms with Crippen LogP contribution in [0.1, 0.15) is 71.6 Å². The van der Waals surface area contributed by atoms with Gasteiger partial charge in [-0.05, 0) is 60.4 Å². The number of nitrogens with one attached hydrogen (secondary N) is 1. The first-order chi connectivity index (χ1) is 14.3. The molecule has 5 nitrogen and oxygen atoms in total. The number of benzene rings is 2. The van der Waals surface area contributed by atoms with Crippen molar-refractivity contribution in [1.29, 1.82) is 0 Å². The Kier molecular flexibility index (Phi) is 7.03. The molecule has 1 aliphatic carbocycles. The highest BCUT2D eigenvalue weighted by molar-refractivity contribution is 5.98. The van der Waals surface area contributed by atoms with Crippen LogP contribution in [0.5, 0.6) is 0 Å². The number of carbonyl (C=O) groups excluding carboxylic acids is 3. The fourth-order valence-corrected chi connectivity index (χ4v) is 3.84. The summed E-state index contributed by atoms with van der Waals surface area (Å²) in [5.41, 5.74) is 5.95. The Morgan fingerprint density at radius 1 is 1.03 bits per heavy atom. The maximum absolute atomic E-state index is 12.4. The molecule has 0 spiro atoms. The quantitative estimate of drug-likeness (QED) is 0.506. The number of Topliss-reactive ketones (excluding diaryl/α,β-unsaturated/α-hetero) is 1. The van der Waals surface area contributed by atoms with Gasteiger partial charge < -0.3 is 10.1 Å². The average Bonchev–Trinajstić information content (AvgIpc) is 3.19. The van der Waals surface area contributed by atoms with Gasteiger partial charge in [-0.3, -0.25) is 14.4 Å². The van der Waals surface area contributed by atoms with E-state index in [1.807, 2.05) is 43.3 Å². The Morgan fingerprint density at radius 3 is 2.57 bits per heavy atom. The van der Waals surface area contributed by atoms with Crippen molar-refractivity contribution in [2.75, 3.05) is 11.9 Å². The van der Waals surface area contributed by atoms with Gasteiger partial charge >= 0.3 is 5.97 Å². The van der Waals surface area contributed by atoms with E-state index >= 15 is 0 Å². The zero-order valence-electron chi connectivity index (χ0n) is 17.9. The second kappa shape index (κ2) is 9.70. The maximum atomic E-state index is 12.4. The first-order valence-electron chi connectivity index (χ1n) is 10.5. The number of esters is 1. The Hall–Kier alpha value is -2.95. The van der Waals surface area contributed by atoms with Gasteiger partial charge in [-0.1, -0.05) is 44.2 Å². The van der Waals surface area contributed by atoms with Crippen LogP contribution in [0.25, 0.3) is 0 Å². The predicted molar refractivity (Wildman–Crippen MR) is 117 cm³/mol. The van der Waals surface area contributed by atoms with Crippen LogP contribution in [-0.2, 0) is 27.2 Å². The van der Waals surface area contributed by atoms with E-state index in [-0.39, 0.29) is 37.1 Å². The van der Waals surface area contributed by atoms with Crippen molar-refractivity contribution in [3.05, 3.63) is 64.2 Å². The van der Waals surface area contributed by atoms with Gasteiger partial charge in [-0.25, -0.2) is 0 Å². The SMILES string of the molecule is Cc1cccc(C(C)C)c1NC(=O)COC(=O)CCC(=O)c1ccc2c(c1)CCC2. The molecule has 0 atom stereocenters. The topological polar surface area (TPSA) is 72.5 Å². The second-order valence-electron chi connectivity index (χ2n) is 8.16. The van der Waals surface area contributed by atoms with Crippen LogP contribution >= 0.6 is 0 Å². The van der Waals surface area contributed by atoms with Crippen LogP contribution in [0.15, 0.2) is 36.4 Å². The fraction of sp³-hybridized carbons (Fsp3) is 0.400. The van der Waals surface area contributed by atoms with Crippen molar-refractivity contribution in [1.82, 2.24) is 0 Å². The monoisotopic (exact) mass is 407 g/mol. The fourth-order valence-electron chi connectivity index (χ4n) is 3.84. The number of hydrogen-bond acceptors (Lipinski definition) is 4. The van der Waals surface area contributed by atoms with E-state index in [1.165, 1.54) is 11.1 Å². The molecule has 0 radical (unpaired) electrons. The van der Waals surface area contributed by atoms with Gasteiger partial charge in [0.1, 0.15) is 0 Å². The molecule has 0 unspecified atom stereocenters. The van der Waals surface area contributed by atoms with E-state index in [1.54, 1.807) is 0 Å². The zero-order valence-corrected chi connectivity index (χ0v) is 17.9. The number of anilines is 1. The van der Waals surface area contributed by atoms with E-state index in [9.17, 15) is 14.4 Å². The summed E-state index contributed by atoms with van der Waals surface area (Å²) in [6.45, 7) is 5.68. The summed E-state index contributed by atoms with van der Waals surface area (Å²) in [5.74, 6) is -0.751. The van der Waals surface area contributed by atoms with Crippen molar-refractivity contribution in [2.24, 2.45) is 0 Å². The van der Waals surface area contributed by atoms with Crippen molar-refractivity contribution in [3.8, 4) is 0 Å². The number of aryl methyl sites for hydroxylation is 3. The molecule has 1 aliphatic rings. The first kappa shape index (κ1) is 21.8. The summed E-state index contributed by atoms with van der Waals surface area (Å²) in [6, 6.07) is 11.6. The molecule has 3 rings (SSSR count). The van der Waals surface area contributed by atoms with Gasteiger partial charge in [-0.15, -0.1) is 0 Å². The standard InChI is InChI=1S/C25H29NO4/c1-16(2)21-9-4-6-17(3)25(21)26-23(28)15-30-24(29)13-12-22(27)20-11-10-18-7-5-8-19(18)14-20/h4,6,9-11,14,16H,5,7-8,12-13,15H2,1-3H3,(H,26,28). The normalized spacial score (nSPS) is 12.5. The van der Waals surface area contributed by atoms with Gasteiger partial charge in [0.05, 0.1) is 6.42 Å². The lowest BCUT2D eigenvalue weighted by Crippen LogP contribution is -2.22. The van der Waals surface area contributed by atoms with Crippen molar-refractivity contribution >= 4 is 23.3 Å². The third-order valence-electron chi connectivity index (χ3n) is 5.53. The van der Waals surface area contributed by atoms with E-state index in [2.05, 4.69) is 19.2 Å². The molecular weight excluding hydrogens is 378 g/mol. The summed E-state index contributed by atoms with van der Waals surface area (Å²) in [4.78, 5) is 36.6. The molecule has 0 fully saturated rings.